The van der Waals surface area contributed by atoms with Gasteiger partial charge in [-0.25, -0.2) is 20.0 Å². The summed E-state index contributed by atoms with van der Waals surface area (Å²) in [7, 11) is 0. The van der Waals surface area contributed by atoms with E-state index in [-0.39, 0.29) is 0 Å². The zero-order valence-corrected chi connectivity index (χ0v) is 19.1. The minimum absolute atomic E-state index is 0.351. The van der Waals surface area contributed by atoms with Crippen LogP contribution in [0.3, 0.4) is 0 Å². The lowest BCUT2D eigenvalue weighted by atomic mass is 10.2. The van der Waals surface area contributed by atoms with Gasteiger partial charge in [0.15, 0.2) is 5.82 Å². The molecule has 0 bridgehead atoms. The summed E-state index contributed by atoms with van der Waals surface area (Å²) in [5.41, 5.74) is 3.78. The average Bonchev–Trinajstić information content (AvgIpc) is 2.73. The standard InChI is InChI=1S/C22H18BrClN6O/c1-4-27-30-8-7-16(10-14(30)3)31-19-6-5-15(9-13(19)2)28-22-20-18(25-12-26-22)11-17(23)21(24)29-20/h4-12H,3H2,1-2H3,(H,25,26,28)/b27-4-. The van der Waals surface area contributed by atoms with E-state index in [1.54, 1.807) is 17.4 Å². The monoisotopic (exact) mass is 496 g/mol. The van der Waals surface area contributed by atoms with Crippen LogP contribution in [-0.2, 0) is 0 Å². The van der Waals surface area contributed by atoms with Gasteiger partial charge in [-0.1, -0.05) is 18.2 Å². The van der Waals surface area contributed by atoms with Crippen LogP contribution >= 0.6 is 27.5 Å². The van der Waals surface area contributed by atoms with Gasteiger partial charge in [0, 0.05) is 24.2 Å². The van der Waals surface area contributed by atoms with E-state index in [1.165, 1.54) is 6.33 Å². The number of hydrazone groups is 1. The molecule has 7 nitrogen and oxygen atoms in total. The Hall–Kier alpha value is -3.23. The average molecular weight is 498 g/mol. The summed E-state index contributed by atoms with van der Waals surface area (Å²) < 4.78 is 6.72. The molecule has 156 valence electrons. The fourth-order valence-corrected chi connectivity index (χ4v) is 3.40. The number of nitrogens with zero attached hydrogens (tertiary/aromatic N) is 5. The molecule has 31 heavy (non-hydrogen) atoms. The van der Waals surface area contributed by atoms with Crippen LogP contribution in [0.15, 0.2) is 76.6 Å². The van der Waals surface area contributed by atoms with Crippen molar-refractivity contribution in [1.82, 2.24) is 20.0 Å². The van der Waals surface area contributed by atoms with Crippen molar-refractivity contribution in [2.24, 2.45) is 5.10 Å². The van der Waals surface area contributed by atoms with E-state index in [0.717, 1.165) is 22.7 Å². The van der Waals surface area contributed by atoms with E-state index in [9.17, 15) is 0 Å². The number of ether oxygens (including phenoxy) is 1. The number of benzene rings is 1. The molecule has 0 fully saturated rings. The Morgan fingerprint density at radius 1 is 1.29 bits per heavy atom. The molecule has 2 aromatic heterocycles. The molecule has 4 rings (SSSR count). The number of pyridine rings is 1. The van der Waals surface area contributed by atoms with Gasteiger partial charge in [0.1, 0.15) is 28.5 Å². The van der Waals surface area contributed by atoms with Crippen molar-refractivity contribution in [1.29, 1.82) is 0 Å². The largest absolute Gasteiger partial charge is 0.457 e. The van der Waals surface area contributed by atoms with Crippen LogP contribution in [-0.4, -0.2) is 26.2 Å². The Balaban J connectivity index is 1.55. The zero-order chi connectivity index (χ0) is 22.0. The van der Waals surface area contributed by atoms with Crippen molar-refractivity contribution < 1.29 is 4.74 Å². The number of fused-ring (bicyclic) bond motifs is 1. The van der Waals surface area contributed by atoms with E-state index in [1.807, 2.05) is 50.3 Å². The normalized spacial score (nSPS) is 13.7. The molecule has 0 spiro atoms. The molecule has 0 atom stereocenters. The SMILES string of the molecule is C=C1C=C(Oc2ccc(Nc3ncnc4cc(Br)c(Cl)nc34)cc2C)C=CN1/N=C\C. The first-order valence-electron chi connectivity index (χ1n) is 9.33. The quantitative estimate of drug-likeness (QED) is 0.339. The Kier molecular flexibility index (Phi) is 6.01. The molecule has 0 saturated heterocycles. The van der Waals surface area contributed by atoms with Gasteiger partial charge in [-0.05, 0) is 65.7 Å². The van der Waals surface area contributed by atoms with Crippen LogP contribution in [0.2, 0.25) is 5.15 Å². The molecule has 3 heterocycles. The lowest BCUT2D eigenvalue weighted by Gasteiger charge is -2.20. The molecule has 0 saturated carbocycles. The van der Waals surface area contributed by atoms with Crippen molar-refractivity contribution in [3.05, 3.63) is 82.2 Å². The number of nitrogens with one attached hydrogen (secondary N) is 1. The highest BCUT2D eigenvalue weighted by Crippen LogP contribution is 2.30. The molecule has 0 unspecified atom stereocenters. The Morgan fingerprint density at radius 2 is 2.13 bits per heavy atom. The summed E-state index contributed by atoms with van der Waals surface area (Å²) in [5, 5.41) is 9.51. The fraction of sp³-hybridized carbons (Fsp3) is 0.0909. The molecule has 0 aliphatic carbocycles. The molecule has 9 heteroatoms. The van der Waals surface area contributed by atoms with Gasteiger partial charge in [0.05, 0.1) is 15.7 Å². The molecule has 3 aromatic rings. The van der Waals surface area contributed by atoms with E-state index < -0.39 is 0 Å². The zero-order valence-electron chi connectivity index (χ0n) is 16.8. The summed E-state index contributed by atoms with van der Waals surface area (Å²) in [6, 6.07) is 7.59. The summed E-state index contributed by atoms with van der Waals surface area (Å²) in [4.78, 5) is 13.0. The highest BCUT2D eigenvalue weighted by Gasteiger charge is 2.12. The lowest BCUT2D eigenvalue weighted by molar-refractivity contribution is 0.421. The van der Waals surface area contributed by atoms with Crippen molar-refractivity contribution in [3.8, 4) is 5.75 Å². The van der Waals surface area contributed by atoms with Gasteiger partial charge in [0.2, 0.25) is 0 Å². The number of hydrogen-bond acceptors (Lipinski definition) is 7. The molecular formula is C22H18BrClN6O. The van der Waals surface area contributed by atoms with Crippen LogP contribution in [0, 0.1) is 6.92 Å². The Morgan fingerprint density at radius 3 is 2.87 bits per heavy atom. The second-order valence-electron chi connectivity index (χ2n) is 6.63. The molecule has 1 aliphatic heterocycles. The van der Waals surface area contributed by atoms with E-state index >= 15 is 0 Å². The summed E-state index contributed by atoms with van der Waals surface area (Å²) in [6.45, 7) is 7.81. The highest BCUT2D eigenvalue weighted by molar-refractivity contribution is 9.10. The smallest absolute Gasteiger partial charge is 0.160 e. The first kappa shape index (κ1) is 21.0. The lowest BCUT2D eigenvalue weighted by Crippen LogP contribution is -2.12. The van der Waals surface area contributed by atoms with Gasteiger partial charge in [-0.15, -0.1) is 0 Å². The highest BCUT2D eigenvalue weighted by atomic mass is 79.9. The maximum Gasteiger partial charge on any atom is 0.160 e. The number of hydrogen-bond donors (Lipinski definition) is 1. The topological polar surface area (TPSA) is 75.5 Å². The number of allylic oxidation sites excluding steroid dienone is 2. The molecule has 0 radical (unpaired) electrons. The third-order valence-corrected chi connectivity index (χ3v) is 5.53. The minimum Gasteiger partial charge on any atom is -0.457 e. The van der Waals surface area contributed by atoms with Gasteiger partial charge >= 0.3 is 0 Å². The molecule has 1 N–H and O–H groups in total. The molecular weight excluding hydrogens is 480 g/mol. The van der Waals surface area contributed by atoms with Crippen molar-refractivity contribution in [2.45, 2.75) is 13.8 Å². The third-order valence-electron chi connectivity index (χ3n) is 4.41. The number of aromatic nitrogens is 3. The van der Waals surface area contributed by atoms with E-state index in [0.29, 0.717) is 32.2 Å². The second kappa shape index (κ2) is 8.87. The number of anilines is 2. The summed E-state index contributed by atoms with van der Waals surface area (Å²) in [5.74, 6) is 1.99. The first-order chi connectivity index (χ1) is 14.9. The van der Waals surface area contributed by atoms with Crippen LogP contribution in [0.25, 0.3) is 11.0 Å². The first-order valence-corrected chi connectivity index (χ1v) is 10.5. The summed E-state index contributed by atoms with van der Waals surface area (Å²) >= 11 is 9.52. The van der Waals surface area contributed by atoms with Crippen LogP contribution in [0.5, 0.6) is 5.75 Å². The van der Waals surface area contributed by atoms with Gasteiger partial charge in [-0.2, -0.15) is 5.10 Å². The van der Waals surface area contributed by atoms with Crippen LogP contribution < -0.4 is 10.1 Å². The number of aryl methyl sites for hydroxylation is 1. The van der Waals surface area contributed by atoms with Gasteiger partial charge in [0.25, 0.3) is 0 Å². The third kappa shape index (κ3) is 4.60. The predicted octanol–water partition coefficient (Wildman–Crippen LogP) is 6.10. The number of halogens is 2. The summed E-state index contributed by atoms with van der Waals surface area (Å²) in [6.07, 6.45) is 8.67. The molecule has 0 amide bonds. The molecule has 1 aromatic carbocycles. The predicted molar refractivity (Wildman–Crippen MR) is 128 cm³/mol. The van der Waals surface area contributed by atoms with Crippen molar-refractivity contribution in [2.75, 3.05) is 5.32 Å². The van der Waals surface area contributed by atoms with Gasteiger partial charge in [-0.3, -0.25) is 0 Å². The van der Waals surface area contributed by atoms with Crippen molar-refractivity contribution >= 4 is 56.3 Å². The maximum atomic E-state index is 6.15. The van der Waals surface area contributed by atoms with Crippen LogP contribution in [0.4, 0.5) is 11.5 Å². The number of rotatable bonds is 5. The fourth-order valence-electron chi connectivity index (χ4n) is 2.96. The van der Waals surface area contributed by atoms with E-state index in [4.69, 9.17) is 16.3 Å². The minimum atomic E-state index is 0.351. The maximum absolute atomic E-state index is 6.15. The molecule has 1 aliphatic rings. The van der Waals surface area contributed by atoms with Crippen molar-refractivity contribution in [3.63, 3.8) is 0 Å². The Labute approximate surface area is 192 Å². The second-order valence-corrected chi connectivity index (χ2v) is 7.84. The Bertz CT molecular complexity index is 1270. The van der Waals surface area contributed by atoms with E-state index in [2.05, 4.69) is 47.9 Å². The van der Waals surface area contributed by atoms with Gasteiger partial charge < -0.3 is 10.1 Å². The van der Waals surface area contributed by atoms with Crippen LogP contribution in [0.1, 0.15) is 12.5 Å².